The maximum absolute atomic E-state index is 5.27. The van der Waals surface area contributed by atoms with Crippen molar-refractivity contribution in [2.45, 2.75) is 52.4 Å². The molecule has 118 valence electrons. The third-order valence-corrected chi connectivity index (χ3v) is 2.79. The maximum Gasteiger partial charge on any atom is 0.0500 e. The van der Waals surface area contributed by atoms with Crippen LogP contribution in [0, 0.1) is 0 Å². The van der Waals surface area contributed by atoms with Crippen molar-refractivity contribution in [2.24, 2.45) is 0 Å². The van der Waals surface area contributed by atoms with Crippen molar-refractivity contribution in [2.75, 3.05) is 13.2 Å². The molecule has 0 atom stereocenters. The van der Waals surface area contributed by atoms with Crippen molar-refractivity contribution < 1.29 is 4.74 Å². The van der Waals surface area contributed by atoms with E-state index < -0.39 is 0 Å². The Hall–Kier alpha value is -1.34. The molecule has 0 N–H and O–H groups in total. The van der Waals surface area contributed by atoms with E-state index in [2.05, 4.69) is 67.7 Å². The number of hydrogen-bond acceptors (Lipinski definition) is 1. The van der Waals surface area contributed by atoms with E-state index in [1.165, 1.54) is 0 Å². The fourth-order valence-electron chi connectivity index (χ4n) is 1.66. The third-order valence-electron chi connectivity index (χ3n) is 2.79. The molecular formula is C20H32O. The molecule has 0 aromatic heterocycles. The van der Waals surface area contributed by atoms with Gasteiger partial charge in [0.2, 0.25) is 0 Å². The second kappa shape index (κ2) is 18.7. The van der Waals surface area contributed by atoms with Crippen LogP contribution in [0.4, 0.5) is 0 Å². The lowest BCUT2D eigenvalue weighted by atomic mass is 10.2. The maximum atomic E-state index is 5.27. The van der Waals surface area contributed by atoms with E-state index in [1.54, 1.807) is 0 Å². The minimum atomic E-state index is 0.810. The molecule has 1 heteroatoms. The van der Waals surface area contributed by atoms with Crippen LogP contribution < -0.4 is 0 Å². The molecule has 0 aliphatic heterocycles. The van der Waals surface area contributed by atoms with Crippen LogP contribution in [0.3, 0.4) is 0 Å². The Morgan fingerprint density at radius 2 is 1.00 bits per heavy atom. The topological polar surface area (TPSA) is 9.23 Å². The van der Waals surface area contributed by atoms with Crippen LogP contribution in [0.1, 0.15) is 52.4 Å². The van der Waals surface area contributed by atoms with Gasteiger partial charge in [-0.3, -0.25) is 0 Å². The van der Waals surface area contributed by atoms with Crippen LogP contribution in [-0.4, -0.2) is 13.2 Å². The summed E-state index contributed by atoms with van der Waals surface area (Å²) in [4.78, 5) is 0. The largest absolute Gasteiger partial charge is 0.381 e. The molecular weight excluding hydrogens is 256 g/mol. The molecule has 21 heavy (non-hydrogen) atoms. The van der Waals surface area contributed by atoms with Crippen molar-refractivity contribution in [3.63, 3.8) is 0 Å². The zero-order chi connectivity index (χ0) is 15.4. The molecule has 0 heterocycles. The number of allylic oxidation sites excluding steroid dienone is 9. The summed E-state index contributed by atoms with van der Waals surface area (Å²) < 4.78 is 5.27. The molecule has 0 unspecified atom stereocenters. The summed E-state index contributed by atoms with van der Waals surface area (Å²) >= 11 is 0. The van der Waals surface area contributed by atoms with Gasteiger partial charge >= 0.3 is 0 Å². The average molecular weight is 288 g/mol. The number of hydrogen-bond donors (Lipinski definition) is 0. The Bertz CT molecular complexity index is 332. The van der Waals surface area contributed by atoms with Gasteiger partial charge in [0.1, 0.15) is 0 Å². The van der Waals surface area contributed by atoms with Gasteiger partial charge in [0.05, 0.1) is 0 Å². The summed E-state index contributed by atoms with van der Waals surface area (Å²) in [5.41, 5.74) is 0. The SMILES string of the molecule is CC/C=C\C/C=C\C/C=C\C/C=C\C/C=C\CCOCC. The first-order valence-electron chi connectivity index (χ1n) is 8.24. The highest BCUT2D eigenvalue weighted by atomic mass is 16.5. The fraction of sp³-hybridized carbons (Fsp3) is 0.500. The highest BCUT2D eigenvalue weighted by Gasteiger charge is 1.79. The third kappa shape index (κ3) is 18.7. The highest BCUT2D eigenvalue weighted by molar-refractivity contribution is 5.00. The number of rotatable bonds is 13. The summed E-state index contributed by atoms with van der Waals surface area (Å²) in [6.45, 7) is 5.83. The lowest BCUT2D eigenvalue weighted by Crippen LogP contribution is -1.90. The van der Waals surface area contributed by atoms with Gasteiger partial charge in [0.15, 0.2) is 0 Å². The van der Waals surface area contributed by atoms with E-state index in [4.69, 9.17) is 4.74 Å². The minimum absolute atomic E-state index is 0.810. The smallest absolute Gasteiger partial charge is 0.0500 e. The van der Waals surface area contributed by atoms with Gasteiger partial charge in [-0.25, -0.2) is 0 Å². The van der Waals surface area contributed by atoms with Crippen LogP contribution >= 0.6 is 0 Å². The first kappa shape index (κ1) is 19.7. The first-order valence-corrected chi connectivity index (χ1v) is 8.24. The van der Waals surface area contributed by atoms with Crippen LogP contribution in [0.2, 0.25) is 0 Å². The van der Waals surface area contributed by atoms with E-state index in [9.17, 15) is 0 Å². The van der Waals surface area contributed by atoms with E-state index in [1.807, 2.05) is 6.92 Å². The first-order chi connectivity index (χ1) is 10.4. The molecule has 1 nitrogen and oxygen atoms in total. The van der Waals surface area contributed by atoms with Gasteiger partial charge in [-0.15, -0.1) is 0 Å². The minimum Gasteiger partial charge on any atom is -0.381 e. The predicted octanol–water partition coefficient (Wildman–Crippen LogP) is 6.16. The summed E-state index contributed by atoms with van der Waals surface area (Å²) in [5, 5.41) is 0. The van der Waals surface area contributed by atoms with Crippen molar-refractivity contribution in [3.05, 3.63) is 60.8 Å². The lowest BCUT2D eigenvalue weighted by Gasteiger charge is -1.94. The summed E-state index contributed by atoms with van der Waals surface area (Å²) in [7, 11) is 0. The Balaban J connectivity index is 3.41. The Morgan fingerprint density at radius 1 is 0.571 bits per heavy atom. The molecule has 0 saturated carbocycles. The lowest BCUT2D eigenvalue weighted by molar-refractivity contribution is 0.152. The highest BCUT2D eigenvalue weighted by Crippen LogP contribution is 1.96. The zero-order valence-corrected chi connectivity index (χ0v) is 13.8. The molecule has 0 spiro atoms. The molecule has 0 aromatic rings. The molecule has 0 rings (SSSR count). The average Bonchev–Trinajstić information content (AvgIpc) is 2.50. The summed E-state index contributed by atoms with van der Waals surface area (Å²) in [5.74, 6) is 0. The van der Waals surface area contributed by atoms with Crippen molar-refractivity contribution >= 4 is 0 Å². The standard InChI is InChI=1S/C20H32O/c1-3-5-6-7-8-9-10-11-12-13-14-15-16-17-18-19-20-21-4-2/h5-6,8-9,11-12,14-15,17-18H,3-4,7,10,13,16,19-20H2,1-2H3/b6-5-,9-8-,12-11-,15-14-,18-17-. The predicted molar refractivity (Wildman–Crippen MR) is 95.6 cm³/mol. The second-order valence-electron chi connectivity index (χ2n) is 4.69. The van der Waals surface area contributed by atoms with Crippen LogP contribution in [0.5, 0.6) is 0 Å². The normalized spacial score (nSPS) is 13.0. The second-order valence-corrected chi connectivity index (χ2v) is 4.69. The van der Waals surface area contributed by atoms with Gasteiger partial charge in [-0.05, 0) is 45.4 Å². The van der Waals surface area contributed by atoms with Crippen LogP contribution in [0.25, 0.3) is 0 Å². The van der Waals surface area contributed by atoms with E-state index >= 15 is 0 Å². The van der Waals surface area contributed by atoms with Crippen molar-refractivity contribution in [1.29, 1.82) is 0 Å². The van der Waals surface area contributed by atoms with Crippen LogP contribution in [-0.2, 0) is 4.74 Å². The molecule has 0 amide bonds. The van der Waals surface area contributed by atoms with E-state index in [0.717, 1.165) is 51.7 Å². The van der Waals surface area contributed by atoms with Gasteiger partial charge in [-0.1, -0.05) is 67.7 Å². The Morgan fingerprint density at radius 3 is 1.43 bits per heavy atom. The van der Waals surface area contributed by atoms with E-state index in [0.29, 0.717) is 0 Å². The van der Waals surface area contributed by atoms with Gasteiger partial charge < -0.3 is 4.74 Å². The monoisotopic (exact) mass is 288 g/mol. The Kier molecular flexibility index (Phi) is 17.5. The molecule has 0 aromatic carbocycles. The van der Waals surface area contributed by atoms with Crippen molar-refractivity contribution in [3.8, 4) is 0 Å². The van der Waals surface area contributed by atoms with Gasteiger partial charge in [0.25, 0.3) is 0 Å². The molecule has 0 aliphatic rings. The molecule has 0 fully saturated rings. The zero-order valence-electron chi connectivity index (χ0n) is 13.8. The molecule has 0 aliphatic carbocycles. The van der Waals surface area contributed by atoms with Crippen LogP contribution in [0.15, 0.2) is 60.8 Å². The number of ether oxygens (including phenoxy) is 1. The molecule has 0 radical (unpaired) electrons. The van der Waals surface area contributed by atoms with Gasteiger partial charge in [-0.2, -0.15) is 0 Å². The summed E-state index contributed by atoms with van der Waals surface area (Å²) in [6.07, 6.45) is 28.4. The fourth-order valence-corrected chi connectivity index (χ4v) is 1.66. The Labute approximate surface area is 131 Å². The van der Waals surface area contributed by atoms with E-state index in [-0.39, 0.29) is 0 Å². The molecule has 0 bridgehead atoms. The van der Waals surface area contributed by atoms with Gasteiger partial charge in [0, 0.05) is 13.2 Å². The van der Waals surface area contributed by atoms with Crippen molar-refractivity contribution in [1.82, 2.24) is 0 Å². The molecule has 0 saturated heterocycles. The summed E-state index contributed by atoms with van der Waals surface area (Å²) in [6, 6.07) is 0. The quantitative estimate of drug-likeness (QED) is 0.291.